The van der Waals surface area contributed by atoms with Crippen LogP contribution in [0.3, 0.4) is 0 Å². The van der Waals surface area contributed by atoms with Gasteiger partial charge in [-0.3, -0.25) is 4.79 Å². The highest BCUT2D eigenvalue weighted by Gasteiger charge is 2.13. The normalized spacial score (nSPS) is 10.2. The summed E-state index contributed by atoms with van der Waals surface area (Å²) in [7, 11) is 0. The van der Waals surface area contributed by atoms with Crippen LogP contribution in [-0.4, -0.2) is 28.9 Å². The topological polar surface area (TPSA) is 46.3 Å². The Bertz CT molecular complexity index is 406. The summed E-state index contributed by atoms with van der Waals surface area (Å²) in [4.78, 5) is 14.6. The number of benzene rings is 1. The maximum atomic E-state index is 12.3. The smallest absolute Gasteiger partial charge is 0.227 e. The average Bonchev–Trinajstić information content (AvgIpc) is 2.39. The van der Waals surface area contributed by atoms with Gasteiger partial charge in [0, 0.05) is 19.5 Å². The molecule has 0 fully saturated rings. The van der Waals surface area contributed by atoms with Gasteiger partial charge in [-0.15, -0.1) is 0 Å². The fraction of sp³-hybridized carbons (Fsp3) is 0.467. The molecular weight excluding hydrogens is 256 g/mol. The van der Waals surface area contributed by atoms with Crippen LogP contribution < -0.4 is 5.73 Å². The fourth-order valence-corrected chi connectivity index (χ4v) is 1.93. The first-order valence-corrected chi connectivity index (χ1v) is 7.14. The van der Waals surface area contributed by atoms with Gasteiger partial charge in [-0.25, -0.2) is 0 Å². The number of carbonyl (C=O) groups excluding carboxylic acids is 1. The van der Waals surface area contributed by atoms with Crippen LogP contribution in [0.15, 0.2) is 30.3 Å². The van der Waals surface area contributed by atoms with Gasteiger partial charge in [0.25, 0.3) is 0 Å². The highest BCUT2D eigenvalue weighted by Crippen LogP contribution is 2.05. The van der Waals surface area contributed by atoms with Gasteiger partial charge < -0.3 is 10.6 Å². The summed E-state index contributed by atoms with van der Waals surface area (Å²) < 4.78 is 0. The average molecular weight is 278 g/mol. The zero-order chi connectivity index (χ0) is 14.1. The summed E-state index contributed by atoms with van der Waals surface area (Å²) in [5.41, 5.74) is 6.56. The number of hydrogen-bond acceptors (Lipinski definition) is 2. The lowest BCUT2D eigenvalue weighted by atomic mass is 10.1. The zero-order valence-corrected chi connectivity index (χ0v) is 12.3. The SMILES string of the molecule is CCCCN(CCC(N)=S)C(=O)Cc1ccccc1. The lowest BCUT2D eigenvalue weighted by Gasteiger charge is -2.22. The van der Waals surface area contributed by atoms with Crippen molar-refractivity contribution in [1.82, 2.24) is 4.90 Å². The van der Waals surface area contributed by atoms with E-state index in [-0.39, 0.29) is 5.91 Å². The van der Waals surface area contributed by atoms with E-state index in [1.807, 2.05) is 35.2 Å². The van der Waals surface area contributed by atoms with Gasteiger partial charge in [0.15, 0.2) is 0 Å². The first-order valence-electron chi connectivity index (χ1n) is 6.73. The molecule has 0 unspecified atom stereocenters. The maximum absolute atomic E-state index is 12.3. The summed E-state index contributed by atoms with van der Waals surface area (Å²) in [5.74, 6) is 0.149. The van der Waals surface area contributed by atoms with Crippen molar-refractivity contribution in [2.45, 2.75) is 32.6 Å². The van der Waals surface area contributed by atoms with Gasteiger partial charge in [0.1, 0.15) is 0 Å². The van der Waals surface area contributed by atoms with Crippen molar-refractivity contribution in [2.24, 2.45) is 5.73 Å². The van der Waals surface area contributed by atoms with Crippen LogP contribution in [0.1, 0.15) is 31.7 Å². The van der Waals surface area contributed by atoms with Gasteiger partial charge in [-0.05, 0) is 12.0 Å². The Hall–Kier alpha value is -1.42. The molecule has 3 nitrogen and oxygen atoms in total. The van der Waals surface area contributed by atoms with E-state index in [0.29, 0.717) is 24.4 Å². The van der Waals surface area contributed by atoms with Crippen molar-refractivity contribution in [3.63, 3.8) is 0 Å². The molecule has 0 saturated carbocycles. The molecule has 0 aliphatic carbocycles. The molecular formula is C15H22N2OS. The molecule has 4 heteroatoms. The van der Waals surface area contributed by atoms with E-state index in [4.69, 9.17) is 18.0 Å². The van der Waals surface area contributed by atoms with Crippen molar-refractivity contribution in [2.75, 3.05) is 13.1 Å². The molecule has 1 aromatic rings. The second-order valence-corrected chi connectivity index (χ2v) is 5.14. The minimum Gasteiger partial charge on any atom is -0.393 e. The molecule has 2 N–H and O–H groups in total. The van der Waals surface area contributed by atoms with E-state index < -0.39 is 0 Å². The van der Waals surface area contributed by atoms with E-state index >= 15 is 0 Å². The van der Waals surface area contributed by atoms with Gasteiger partial charge in [0.05, 0.1) is 11.4 Å². The molecule has 0 spiro atoms. The zero-order valence-electron chi connectivity index (χ0n) is 11.5. The van der Waals surface area contributed by atoms with Crippen LogP contribution >= 0.6 is 12.2 Å². The third-order valence-electron chi connectivity index (χ3n) is 2.96. The van der Waals surface area contributed by atoms with E-state index in [9.17, 15) is 4.79 Å². The van der Waals surface area contributed by atoms with Gasteiger partial charge >= 0.3 is 0 Å². The van der Waals surface area contributed by atoms with Crippen LogP contribution in [0.2, 0.25) is 0 Å². The van der Waals surface area contributed by atoms with Crippen molar-refractivity contribution in [3.05, 3.63) is 35.9 Å². The molecule has 0 saturated heterocycles. The largest absolute Gasteiger partial charge is 0.393 e. The quantitative estimate of drug-likeness (QED) is 0.743. The summed E-state index contributed by atoms with van der Waals surface area (Å²) in [5, 5.41) is 0. The number of thiocarbonyl (C=S) groups is 1. The molecule has 104 valence electrons. The summed E-state index contributed by atoms with van der Waals surface area (Å²) in [6.07, 6.45) is 3.13. The number of hydrogen-bond donors (Lipinski definition) is 1. The number of amides is 1. The third kappa shape index (κ3) is 6.34. The molecule has 0 bridgehead atoms. The van der Waals surface area contributed by atoms with E-state index in [1.165, 1.54) is 0 Å². The van der Waals surface area contributed by atoms with Crippen molar-refractivity contribution >= 4 is 23.1 Å². The Labute approximate surface area is 120 Å². The summed E-state index contributed by atoms with van der Waals surface area (Å²) in [6.45, 7) is 3.53. The second kappa shape index (κ2) is 8.64. The minimum atomic E-state index is 0.149. The van der Waals surface area contributed by atoms with Gasteiger partial charge in [-0.1, -0.05) is 55.9 Å². The lowest BCUT2D eigenvalue weighted by Crippen LogP contribution is -2.35. The molecule has 19 heavy (non-hydrogen) atoms. The van der Waals surface area contributed by atoms with Crippen molar-refractivity contribution in [3.8, 4) is 0 Å². The number of unbranched alkanes of at least 4 members (excludes halogenated alkanes) is 1. The predicted molar refractivity (Wildman–Crippen MR) is 83.0 cm³/mol. The molecule has 1 amide bonds. The van der Waals surface area contributed by atoms with E-state index in [1.54, 1.807) is 0 Å². The van der Waals surface area contributed by atoms with Gasteiger partial charge in [-0.2, -0.15) is 0 Å². The van der Waals surface area contributed by atoms with Crippen LogP contribution in [0.25, 0.3) is 0 Å². The van der Waals surface area contributed by atoms with Crippen molar-refractivity contribution in [1.29, 1.82) is 0 Å². The molecule has 0 aliphatic rings. The van der Waals surface area contributed by atoms with Crippen LogP contribution in [0.5, 0.6) is 0 Å². The van der Waals surface area contributed by atoms with Gasteiger partial charge in [0.2, 0.25) is 5.91 Å². The van der Waals surface area contributed by atoms with Crippen LogP contribution in [0.4, 0.5) is 0 Å². The lowest BCUT2D eigenvalue weighted by molar-refractivity contribution is -0.130. The first-order chi connectivity index (χ1) is 9.13. The Morgan fingerprint density at radius 3 is 2.53 bits per heavy atom. The first kappa shape index (κ1) is 15.6. The Morgan fingerprint density at radius 2 is 1.95 bits per heavy atom. The molecule has 0 radical (unpaired) electrons. The molecule has 1 aromatic carbocycles. The molecule has 0 heterocycles. The monoisotopic (exact) mass is 278 g/mol. The maximum Gasteiger partial charge on any atom is 0.227 e. The fourth-order valence-electron chi connectivity index (χ4n) is 1.84. The summed E-state index contributed by atoms with van der Waals surface area (Å²) >= 11 is 4.88. The van der Waals surface area contributed by atoms with Crippen LogP contribution in [0, 0.1) is 0 Å². The molecule has 0 atom stereocenters. The minimum absolute atomic E-state index is 0.149. The van der Waals surface area contributed by atoms with E-state index in [2.05, 4.69) is 6.92 Å². The molecule has 1 rings (SSSR count). The summed E-state index contributed by atoms with van der Waals surface area (Å²) in [6, 6.07) is 9.81. The second-order valence-electron chi connectivity index (χ2n) is 4.61. The predicted octanol–water partition coefficient (Wildman–Crippen LogP) is 2.53. The Morgan fingerprint density at radius 1 is 1.26 bits per heavy atom. The number of nitrogens with two attached hydrogens (primary N) is 1. The molecule has 0 aromatic heterocycles. The number of rotatable bonds is 8. The highest BCUT2D eigenvalue weighted by atomic mass is 32.1. The Balaban J connectivity index is 2.57. The highest BCUT2D eigenvalue weighted by molar-refractivity contribution is 7.80. The molecule has 0 aliphatic heterocycles. The van der Waals surface area contributed by atoms with Crippen molar-refractivity contribution < 1.29 is 4.79 Å². The number of carbonyl (C=O) groups is 1. The standard InChI is InChI=1S/C15H22N2OS/c1-2-3-10-17(11-9-14(16)19)15(18)12-13-7-5-4-6-8-13/h4-8H,2-3,9-12H2,1H3,(H2,16,19). The van der Waals surface area contributed by atoms with Crippen LogP contribution in [-0.2, 0) is 11.2 Å². The van der Waals surface area contributed by atoms with E-state index in [0.717, 1.165) is 24.9 Å². The Kier molecular flexibility index (Phi) is 7.11. The third-order valence-corrected chi connectivity index (χ3v) is 3.16. The number of nitrogens with zero attached hydrogens (tertiary/aromatic N) is 1.